The molecule has 0 atom stereocenters. The minimum absolute atomic E-state index is 0.623. The van der Waals surface area contributed by atoms with Crippen LogP contribution < -0.4 is 15.5 Å². The van der Waals surface area contributed by atoms with Gasteiger partial charge in [0.1, 0.15) is 12.7 Å². The Kier molecular flexibility index (Phi) is 8.26. The van der Waals surface area contributed by atoms with Crippen molar-refractivity contribution in [3.05, 3.63) is 72.8 Å². The lowest BCUT2D eigenvalue weighted by atomic mass is 10.2. The quantitative estimate of drug-likeness (QED) is 0.308. The van der Waals surface area contributed by atoms with E-state index in [1.165, 1.54) is 12.0 Å². The zero-order chi connectivity index (χ0) is 21.0. The van der Waals surface area contributed by atoms with Gasteiger partial charge in [0.15, 0.2) is 5.96 Å². The number of benzene rings is 2. The average Bonchev–Trinajstić information content (AvgIpc) is 3.33. The van der Waals surface area contributed by atoms with E-state index >= 15 is 0 Å². The van der Waals surface area contributed by atoms with Crippen LogP contribution in [0, 0.1) is 0 Å². The van der Waals surface area contributed by atoms with Crippen LogP contribution in [0.1, 0.15) is 25.8 Å². The van der Waals surface area contributed by atoms with Gasteiger partial charge in [-0.2, -0.15) is 5.10 Å². The van der Waals surface area contributed by atoms with Crippen molar-refractivity contribution in [3.63, 3.8) is 0 Å². The topological polar surface area (TPSA) is 70.4 Å². The highest BCUT2D eigenvalue weighted by Crippen LogP contribution is 2.12. The molecule has 158 valence electrons. The molecule has 1 heterocycles. The number of nitrogens with zero attached hydrogens (tertiary/aromatic N) is 5. The molecule has 7 heteroatoms. The first-order chi connectivity index (χ1) is 14.8. The summed E-state index contributed by atoms with van der Waals surface area (Å²) in [5.41, 5.74) is 3.41. The third-order valence-corrected chi connectivity index (χ3v) is 4.78. The maximum Gasteiger partial charge on any atom is 0.191 e. The van der Waals surface area contributed by atoms with Crippen molar-refractivity contribution in [2.24, 2.45) is 4.99 Å². The Morgan fingerprint density at radius 3 is 2.50 bits per heavy atom. The van der Waals surface area contributed by atoms with Gasteiger partial charge in [-0.25, -0.2) is 14.7 Å². The van der Waals surface area contributed by atoms with Crippen molar-refractivity contribution in [1.29, 1.82) is 0 Å². The molecule has 2 aromatic carbocycles. The highest BCUT2D eigenvalue weighted by atomic mass is 15.3. The standard InChI is InChI=1S/C23H31N7/c1-3-25-23(26-15-8-16-29(4-2)21-9-6-5-7-10-21)27-17-20-11-13-22(14-12-20)30-19-24-18-28-30/h5-7,9-14,18-19H,3-4,8,15-17H2,1-2H3,(H2,25,26,27). The van der Waals surface area contributed by atoms with Crippen molar-refractivity contribution in [1.82, 2.24) is 25.4 Å². The van der Waals surface area contributed by atoms with Gasteiger partial charge < -0.3 is 15.5 Å². The van der Waals surface area contributed by atoms with Gasteiger partial charge in [-0.15, -0.1) is 0 Å². The summed E-state index contributed by atoms with van der Waals surface area (Å²) in [5.74, 6) is 0.848. The van der Waals surface area contributed by atoms with E-state index in [1.807, 2.05) is 12.1 Å². The first-order valence-electron chi connectivity index (χ1n) is 10.6. The van der Waals surface area contributed by atoms with Gasteiger partial charge in [0.25, 0.3) is 0 Å². The Hall–Kier alpha value is -3.35. The monoisotopic (exact) mass is 405 g/mol. The summed E-state index contributed by atoms with van der Waals surface area (Å²) in [5, 5.41) is 10.9. The number of para-hydroxylation sites is 1. The van der Waals surface area contributed by atoms with E-state index in [-0.39, 0.29) is 0 Å². The molecule has 0 fully saturated rings. The lowest BCUT2D eigenvalue weighted by Gasteiger charge is -2.23. The van der Waals surface area contributed by atoms with E-state index < -0.39 is 0 Å². The molecule has 2 N–H and O–H groups in total. The van der Waals surface area contributed by atoms with E-state index in [9.17, 15) is 0 Å². The molecule has 0 aliphatic rings. The third-order valence-electron chi connectivity index (χ3n) is 4.78. The summed E-state index contributed by atoms with van der Waals surface area (Å²) < 4.78 is 1.74. The van der Waals surface area contributed by atoms with Gasteiger partial charge in [0.2, 0.25) is 0 Å². The first kappa shape index (κ1) is 21.4. The number of nitrogens with one attached hydrogen (secondary N) is 2. The number of anilines is 1. The van der Waals surface area contributed by atoms with Gasteiger partial charge in [0.05, 0.1) is 12.2 Å². The summed E-state index contributed by atoms with van der Waals surface area (Å²) in [4.78, 5) is 11.1. The molecule has 0 aliphatic carbocycles. The van der Waals surface area contributed by atoms with Crippen LogP contribution in [-0.4, -0.2) is 46.9 Å². The largest absolute Gasteiger partial charge is 0.372 e. The van der Waals surface area contributed by atoms with Gasteiger partial charge in [-0.1, -0.05) is 30.3 Å². The molecule has 3 aromatic rings. The van der Waals surface area contributed by atoms with Crippen molar-refractivity contribution in [3.8, 4) is 5.69 Å². The summed E-state index contributed by atoms with van der Waals surface area (Å²) in [7, 11) is 0. The second-order valence-corrected chi connectivity index (χ2v) is 6.90. The highest BCUT2D eigenvalue weighted by Gasteiger charge is 2.04. The summed E-state index contributed by atoms with van der Waals surface area (Å²) >= 11 is 0. The molecule has 0 unspecified atom stereocenters. The Morgan fingerprint density at radius 1 is 1.03 bits per heavy atom. The Bertz CT molecular complexity index is 874. The Morgan fingerprint density at radius 2 is 1.83 bits per heavy atom. The van der Waals surface area contributed by atoms with Crippen LogP contribution in [-0.2, 0) is 6.54 Å². The maximum atomic E-state index is 4.72. The van der Waals surface area contributed by atoms with Gasteiger partial charge in [-0.3, -0.25) is 0 Å². The number of hydrogen-bond donors (Lipinski definition) is 2. The Balaban J connectivity index is 1.48. The molecule has 3 rings (SSSR count). The minimum atomic E-state index is 0.623. The van der Waals surface area contributed by atoms with Crippen LogP contribution in [0.2, 0.25) is 0 Å². The van der Waals surface area contributed by atoms with E-state index in [0.717, 1.165) is 49.8 Å². The summed E-state index contributed by atoms with van der Waals surface area (Å²) in [6.45, 7) is 8.62. The molecule has 0 saturated heterocycles. The normalized spacial score (nSPS) is 11.3. The molecule has 0 amide bonds. The first-order valence-corrected chi connectivity index (χ1v) is 10.6. The maximum absolute atomic E-state index is 4.72. The molecular formula is C23H31N7. The fourth-order valence-corrected chi connectivity index (χ4v) is 3.19. The highest BCUT2D eigenvalue weighted by molar-refractivity contribution is 5.79. The van der Waals surface area contributed by atoms with Crippen LogP contribution in [0.4, 0.5) is 5.69 Å². The number of aliphatic imine (C=N–C) groups is 1. The van der Waals surface area contributed by atoms with Crippen LogP contribution >= 0.6 is 0 Å². The fraction of sp³-hybridized carbons (Fsp3) is 0.348. The second kappa shape index (κ2) is 11.6. The van der Waals surface area contributed by atoms with Crippen LogP contribution in [0.5, 0.6) is 0 Å². The molecule has 0 bridgehead atoms. The zero-order valence-electron chi connectivity index (χ0n) is 17.8. The number of hydrogen-bond acceptors (Lipinski definition) is 4. The summed E-state index contributed by atoms with van der Waals surface area (Å²) in [6.07, 6.45) is 4.27. The predicted molar refractivity (Wildman–Crippen MR) is 123 cm³/mol. The van der Waals surface area contributed by atoms with Gasteiger partial charge in [0, 0.05) is 31.9 Å². The van der Waals surface area contributed by atoms with Gasteiger partial charge >= 0.3 is 0 Å². The number of rotatable bonds is 10. The van der Waals surface area contributed by atoms with Crippen molar-refractivity contribution in [2.45, 2.75) is 26.8 Å². The molecule has 1 aromatic heterocycles. The SMILES string of the molecule is CCNC(=NCc1ccc(-n2cncn2)cc1)NCCCN(CC)c1ccccc1. The zero-order valence-corrected chi connectivity index (χ0v) is 17.8. The summed E-state index contributed by atoms with van der Waals surface area (Å²) in [6, 6.07) is 18.8. The molecule has 0 spiro atoms. The van der Waals surface area contributed by atoms with E-state index in [0.29, 0.717) is 6.54 Å². The lowest BCUT2D eigenvalue weighted by molar-refractivity contribution is 0.709. The van der Waals surface area contributed by atoms with Crippen molar-refractivity contribution in [2.75, 3.05) is 31.1 Å². The average molecular weight is 406 g/mol. The molecule has 0 saturated carbocycles. The smallest absolute Gasteiger partial charge is 0.191 e. The van der Waals surface area contributed by atoms with E-state index in [1.54, 1.807) is 11.0 Å². The van der Waals surface area contributed by atoms with Crippen molar-refractivity contribution < 1.29 is 0 Å². The van der Waals surface area contributed by atoms with E-state index in [4.69, 9.17) is 4.99 Å². The lowest BCUT2D eigenvalue weighted by Crippen LogP contribution is -2.38. The molecule has 7 nitrogen and oxygen atoms in total. The molecule has 30 heavy (non-hydrogen) atoms. The number of guanidine groups is 1. The van der Waals surface area contributed by atoms with Crippen LogP contribution in [0.15, 0.2) is 72.2 Å². The van der Waals surface area contributed by atoms with E-state index in [2.05, 4.69) is 81.9 Å². The predicted octanol–water partition coefficient (Wildman–Crippen LogP) is 3.24. The Labute approximate surface area is 178 Å². The number of aromatic nitrogens is 3. The van der Waals surface area contributed by atoms with Gasteiger partial charge in [-0.05, 0) is 50.1 Å². The molecule has 0 radical (unpaired) electrons. The second-order valence-electron chi connectivity index (χ2n) is 6.90. The van der Waals surface area contributed by atoms with Crippen LogP contribution in [0.3, 0.4) is 0 Å². The third kappa shape index (κ3) is 6.34. The van der Waals surface area contributed by atoms with Crippen LogP contribution in [0.25, 0.3) is 5.69 Å². The minimum Gasteiger partial charge on any atom is -0.372 e. The molecular weight excluding hydrogens is 374 g/mol. The van der Waals surface area contributed by atoms with Crippen molar-refractivity contribution >= 4 is 11.6 Å². The molecule has 0 aliphatic heterocycles. The fourth-order valence-electron chi connectivity index (χ4n) is 3.19.